The van der Waals surface area contributed by atoms with Crippen LogP contribution >= 0.6 is 0 Å². The maximum absolute atomic E-state index is 12.6. The van der Waals surface area contributed by atoms with Gasteiger partial charge in [-0.05, 0) is 44.0 Å². The molecule has 24 heavy (non-hydrogen) atoms. The van der Waals surface area contributed by atoms with Crippen molar-refractivity contribution in [2.75, 3.05) is 0 Å². The fourth-order valence-corrected chi connectivity index (χ4v) is 2.91. The van der Waals surface area contributed by atoms with Crippen molar-refractivity contribution in [3.8, 4) is 11.5 Å². The third kappa shape index (κ3) is 3.20. The minimum atomic E-state index is -0.110. The zero-order valence-corrected chi connectivity index (χ0v) is 14.0. The number of aryl methyl sites for hydroxylation is 3. The van der Waals surface area contributed by atoms with Crippen molar-refractivity contribution in [2.24, 2.45) is 0 Å². The van der Waals surface area contributed by atoms with Gasteiger partial charge in [0.2, 0.25) is 0 Å². The van der Waals surface area contributed by atoms with Crippen LogP contribution in [0.2, 0.25) is 0 Å². The van der Waals surface area contributed by atoms with E-state index in [9.17, 15) is 4.79 Å². The number of amides is 1. The van der Waals surface area contributed by atoms with Crippen LogP contribution in [0, 0.1) is 20.8 Å². The fraction of sp³-hybridized carbons (Fsp3) is 0.211. The van der Waals surface area contributed by atoms with E-state index in [-0.39, 0.29) is 12.5 Å². The van der Waals surface area contributed by atoms with Gasteiger partial charge in [0.05, 0.1) is 18.5 Å². The van der Waals surface area contributed by atoms with Gasteiger partial charge in [-0.25, -0.2) is 4.98 Å². The summed E-state index contributed by atoms with van der Waals surface area (Å²) < 4.78 is 5.39. The van der Waals surface area contributed by atoms with Gasteiger partial charge in [-0.2, -0.15) is 0 Å². The molecule has 0 aliphatic rings. The number of rotatable bonds is 4. The van der Waals surface area contributed by atoms with E-state index < -0.39 is 0 Å². The number of aromatic nitrogens is 2. The standard InChI is InChI=1S/C19H19N3O2/c1-12-9-13(2)17(14(3)10-12)19(23)22-11-15-18(21-7-6-20-15)16-5-4-8-24-16/h4-10H,11H2,1-3H3,(H,22,23). The second-order valence-corrected chi connectivity index (χ2v) is 5.79. The summed E-state index contributed by atoms with van der Waals surface area (Å²) in [6.07, 6.45) is 4.80. The molecule has 0 aliphatic heterocycles. The number of hydrogen-bond acceptors (Lipinski definition) is 4. The normalized spacial score (nSPS) is 10.6. The Morgan fingerprint density at radius 3 is 2.50 bits per heavy atom. The Morgan fingerprint density at radius 2 is 1.83 bits per heavy atom. The predicted octanol–water partition coefficient (Wildman–Crippen LogP) is 3.59. The first-order chi connectivity index (χ1) is 11.6. The first-order valence-electron chi connectivity index (χ1n) is 7.76. The van der Waals surface area contributed by atoms with E-state index in [0.717, 1.165) is 16.7 Å². The van der Waals surface area contributed by atoms with Gasteiger partial charge in [0.15, 0.2) is 5.76 Å². The van der Waals surface area contributed by atoms with Crippen LogP contribution in [0.4, 0.5) is 0 Å². The molecule has 0 saturated heterocycles. The quantitative estimate of drug-likeness (QED) is 0.797. The largest absolute Gasteiger partial charge is 0.463 e. The Labute approximate surface area is 140 Å². The molecule has 0 bridgehead atoms. The summed E-state index contributed by atoms with van der Waals surface area (Å²) in [6.45, 7) is 6.21. The van der Waals surface area contributed by atoms with Crippen LogP contribution in [-0.2, 0) is 6.54 Å². The van der Waals surface area contributed by atoms with Crippen LogP contribution in [0.25, 0.3) is 11.5 Å². The zero-order chi connectivity index (χ0) is 17.1. The number of nitrogens with zero attached hydrogens (tertiary/aromatic N) is 2. The fourth-order valence-electron chi connectivity index (χ4n) is 2.91. The second kappa shape index (κ2) is 6.66. The Kier molecular flexibility index (Phi) is 4.42. The Hall–Kier alpha value is -2.95. The molecule has 1 N–H and O–H groups in total. The van der Waals surface area contributed by atoms with Crippen LogP contribution in [0.5, 0.6) is 0 Å². The number of nitrogens with one attached hydrogen (secondary N) is 1. The molecular formula is C19H19N3O2. The molecule has 0 fully saturated rings. The third-order valence-corrected chi connectivity index (χ3v) is 3.85. The van der Waals surface area contributed by atoms with Crippen LogP contribution in [-0.4, -0.2) is 15.9 Å². The van der Waals surface area contributed by atoms with E-state index >= 15 is 0 Å². The van der Waals surface area contributed by atoms with Gasteiger partial charge >= 0.3 is 0 Å². The molecule has 5 nitrogen and oxygen atoms in total. The maximum atomic E-state index is 12.6. The predicted molar refractivity (Wildman–Crippen MR) is 91.6 cm³/mol. The highest BCUT2D eigenvalue weighted by atomic mass is 16.3. The summed E-state index contributed by atoms with van der Waals surface area (Å²) in [5.74, 6) is 0.524. The number of benzene rings is 1. The number of carbonyl (C=O) groups is 1. The van der Waals surface area contributed by atoms with E-state index in [1.807, 2.05) is 39.0 Å². The summed E-state index contributed by atoms with van der Waals surface area (Å²) in [4.78, 5) is 21.2. The number of furan rings is 1. The van der Waals surface area contributed by atoms with Gasteiger partial charge in [-0.15, -0.1) is 0 Å². The molecule has 2 heterocycles. The second-order valence-electron chi connectivity index (χ2n) is 5.79. The Bertz CT molecular complexity index is 847. The van der Waals surface area contributed by atoms with Crippen molar-refractivity contribution < 1.29 is 9.21 Å². The third-order valence-electron chi connectivity index (χ3n) is 3.85. The summed E-state index contributed by atoms with van der Waals surface area (Å²) in [7, 11) is 0. The van der Waals surface area contributed by atoms with Gasteiger partial charge < -0.3 is 9.73 Å². The molecular weight excluding hydrogens is 302 g/mol. The van der Waals surface area contributed by atoms with Gasteiger partial charge in [0.25, 0.3) is 5.91 Å². The van der Waals surface area contributed by atoms with Crippen LogP contribution in [0.1, 0.15) is 32.7 Å². The van der Waals surface area contributed by atoms with Crippen molar-refractivity contribution in [1.82, 2.24) is 15.3 Å². The average molecular weight is 321 g/mol. The molecule has 3 aromatic rings. The summed E-state index contributed by atoms with van der Waals surface area (Å²) >= 11 is 0. The first-order valence-corrected chi connectivity index (χ1v) is 7.76. The van der Waals surface area contributed by atoms with Gasteiger partial charge in [-0.1, -0.05) is 17.7 Å². The van der Waals surface area contributed by atoms with Crippen molar-refractivity contribution in [3.05, 3.63) is 70.9 Å². The topological polar surface area (TPSA) is 68.0 Å². The highest BCUT2D eigenvalue weighted by Gasteiger charge is 2.15. The molecule has 0 spiro atoms. The molecule has 0 radical (unpaired) electrons. The molecule has 0 saturated carbocycles. The molecule has 122 valence electrons. The van der Waals surface area contributed by atoms with Crippen molar-refractivity contribution in [3.63, 3.8) is 0 Å². The van der Waals surface area contributed by atoms with E-state index in [1.165, 1.54) is 0 Å². The maximum Gasteiger partial charge on any atom is 0.252 e. The lowest BCUT2D eigenvalue weighted by Gasteiger charge is -2.12. The lowest BCUT2D eigenvalue weighted by molar-refractivity contribution is 0.0949. The molecule has 0 unspecified atom stereocenters. The van der Waals surface area contributed by atoms with Gasteiger partial charge in [0, 0.05) is 18.0 Å². The van der Waals surface area contributed by atoms with Crippen molar-refractivity contribution in [2.45, 2.75) is 27.3 Å². The summed E-state index contributed by atoms with van der Waals surface area (Å²) in [6, 6.07) is 7.64. The van der Waals surface area contributed by atoms with E-state index in [4.69, 9.17) is 4.42 Å². The van der Waals surface area contributed by atoms with Crippen LogP contribution in [0.15, 0.2) is 47.3 Å². The van der Waals surface area contributed by atoms with Crippen molar-refractivity contribution in [1.29, 1.82) is 0 Å². The Balaban J connectivity index is 1.81. The average Bonchev–Trinajstić information content (AvgIpc) is 3.06. The highest BCUT2D eigenvalue weighted by molar-refractivity contribution is 5.97. The molecule has 2 aromatic heterocycles. The van der Waals surface area contributed by atoms with Crippen LogP contribution in [0.3, 0.4) is 0 Å². The molecule has 1 aromatic carbocycles. The smallest absolute Gasteiger partial charge is 0.252 e. The molecule has 0 aliphatic carbocycles. The molecule has 3 rings (SSSR count). The lowest BCUT2D eigenvalue weighted by Crippen LogP contribution is -2.25. The zero-order valence-electron chi connectivity index (χ0n) is 14.0. The van der Waals surface area contributed by atoms with E-state index in [1.54, 1.807) is 24.7 Å². The minimum Gasteiger partial charge on any atom is -0.463 e. The van der Waals surface area contributed by atoms with E-state index in [0.29, 0.717) is 22.7 Å². The molecule has 0 atom stereocenters. The van der Waals surface area contributed by atoms with Gasteiger partial charge in [0.1, 0.15) is 5.69 Å². The monoisotopic (exact) mass is 321 g/mol. The SMILES string of the molecule is Cc1cc(C)c(C(=O)NCc2nccnc2-c2ccco2)c(C)c1. The van der Waals surface area contributed by atoms with Crippen molar-refractivity contribution >= 4 is 5.91 Å². The first kappa shape index (κ1) is 15.9. The molecule has 1 amide bonds. The number of carbonyl (C=O) groups excluding carboxylic acids is 1. The summed E-state index contributed by atoms with van der Waals surface area (Å²) in [5.41, 5.74) is 5.11. The van der Waals surface area contributed by atoms with Crippen LogP contribution < -0.4 is 5.32 Å². The number of hydrogen-bond donors (Lipinski definition) is 1. The Morgan fingerprint density at radius 1 is 1.12 bits per heavy atom. The van der Waals surface area contributed by atoms with E-state index in [2.05, 4.69) is 15.3 Å². The summed E-state index contributed by atoms with van der Waals surface area (Å²) in [5, 5.41) is 2.94. The molecule has 5 heteroatoms. The minimum absolute atomic E-state index is 0.110. The highest BCUT2D eigenvalue weighted by Crippen LogP contribution is 2.20. The lowest BCUT2D eigenvalue weighted by atomic mass is 9.99. The van der Waals surface area contributed by atoms with Gasteiger partial charge in [-0.3, -0.25) is 9.78 Å².